The zero-order chi connectivity index (χ0) is 82.6. The van der Waals surface area contributed by atoms with Gasteiger partial charge >= 0.3 is 39.5 Å². The number of hydrogen-bond acceptors (Lipinski definition) is 15. The first-order valence-electron chi connectivity index (χ1n) is 48.7. The number of phosphoric acid groups is 2. The number of hydrogen-bond donors (Lipinski definition) is 3. The highest BCUT2D eigenvalue weighted by Gasteiger charge is 2.31. The number of aliphatic hydroxyl groups is 1. The number of carbonyl (C=O) groups is 4. The number of ether oxygens (including phenoxy) is 4. The maximum atomic E-state index is 13.2. The molecule has 0 aliphatic rings. The molecule has 17 nitrogen and oxygen atoms in total. The van der Waals surface area contributed by atoms with E-state index in [0.717, 1.165) is 95.8 Å². The SMILES string of the molecule is CCCCCCCCCCCCCCCCCCCCCCCCC(=O)OC[C@H](COP(=O)(O)OC[C@@H](O)COP(=O)(O)OC[C@@H](COC(=O)CCCCCCCCCCC(C)CC)OC(=O)CCCCCCCCCCCCCCCCCCC)OC(=O)CCCCCCCCCCCCCCCCCCCCCCCC. The smallest absolute Gasteiger partial charge is 0.462 e. The van der Waals surface area contributed by atoms with Crippen molar-refractivity contribution in [2.24, 2.45) is 5.92 Å². The average molecular weight is 1650 g/mol. The van der Waals surface area contributed by atoms with Crippen LogP contribution >= 0.6 is 15.6 Å². The van der Waals surface area contributed by atoms with Crippen LogP contribution in [0.25, 0.3) is 0 Å². The molecule has 0 aromatic heterocycles. The van der Waals surface area contributed by atoms with Crippen LogP contribution in [-0.4, -0.2) is 96.7 Å². The Morgan fingerprint density at radius 3 is 0.628 bits per heavy atom. The van der Waals surface area contributed by atoms with Gasteiger partial charge in [0.2, 0.25) is 0 Å². The molecule has 113 heavy (non-hydrogen) atoms. The molecule has 0 rings (SSSR count). The Kier molecular flexibility index (Phi) is 85.0. The third-order valence-electron chi connectivity index (χ3n) is 22.6. The topological polar surface area (TPSA) is 237 Å². The van der Waals surface area contributed by atoms with E-state index in [-0.39, 0.29) is 25.7 Å². The molecule has 0 aliphatic carbocycles. The molecule has 0 saturated heterocycles. The molecule has 0 aromatic carbocycles. The summed E-state index contributed by atoms with van der Waals surface area (Å²) in [4.78, 5) is 73.5. The lowest BCUT2D eigenvalue weighted by atomic mass is 9.99. The normalized spacial score (nSPS) is 13.9. The molecular formula is C94H184O17P2. The van der Waals surface area contributed by atoms with Gasteiger partial charge in [0.15, 0.2) is 12.2 Å². The third kappa shape index (κ3) is 86.3. The predicted octanol–water partition coefficient (Wildman–Crippen LogP) is 29.5. The zero-order valence-electron chi connectivity index (χ0n) is 74.5. The Bertz CT molecular complexity index is 2140. The van der Waals surface area contributed by atoms with Crippen LogP contribution in [0.3, 0.4) is 0 Å². The Morgan fingerprint density at radius 1 is 0.248 bits per heavy atom. The first-order chi connectivity index (χ1) is 55.1. The molecular weight excluding hydrogens is 1460 g/mol. The van der Waals surface area contributed by atoms with Gasteiger partial charge in [0.1, 0.15) is 19.3 Å². The fourth-order valence-corrected chi connectivity index (χ4v) is 16.4. The van der Waals surface area contributed by atoms with Crippen LogP contribution in [0.1, 0.15) is 516 Å². The Balaban J connectivity index is 5.23. The summed E-state index contributed by atoms with van der Waals surface area (Å²) in [6.45, 7) is 7.41. The lowest BCUT2D eigenvalue weighted by molar-refractivity contribution is -0.161. The molecule has 0 aromatic rings. The van der Waals surface area contributed by atoms with Gasteiger partial charge < -0.3 is 33.8 Å². The minimum absolute atomic E-state index is 0.109. The summed E-state index contributed by atoms with van der Waals surface area (Å²) >= 11 is 0. The van der Waals surface area contributed by atoms with E-state index in [2.05, 4.69) is 34.6 Å². The van der Waals surface area contributed by atoms with Crippen molar-refractivity contribution in [3.8, 4) is 0 Å². The second kappa shape index (κ2) is 86.4. The molecule has 0 radical (unpaired) electrons. The second-order valence-electron chi connectivity index (χ2n) is 34.0. The van der Waals surface area contributed by atoms with Crippen molar-refractivity contribution in [3.63, 3.8) is 0 Å². The Morgan fingerprint density at radius 2 is 0.425 bits per heavy atom. The first-order valence-corrected chi connectivity index (χ1v) is 51.7. The van der Waals surface area contributed by atoms with E-state index < -0.39 is 97.5 Å². The van der Waals surface area contributed by atoms with Gasteiger partial charge in [0, 0.05) is 25.7 Å². The third-order valence-corrected chi connectivity index (χ3v) is 24.5. The highest BCUT2D eigenvalue weighted by molar-refractivity contribution is 7.47. The molecule has 0 spiro atoms. The molecule has 0 saturated carbocycles. The van der Waals surface area contributed by atoms with E-state index in [4.69, 9.17) is 37.0 Å². The number of aliphatic hydroxyl groups excluding tert-OH is 1. The van der Waals surface area contributed by atoms with Gasteiger partial charge in [0.25, 0.3) is 0 Å². The lowest BCUT2D eigenvalue weighted by Crippen LogP contribution is -2.30. The van der Waals surface area contributed by atoms with Gasteiger partial charge in [-0.05, 0) is 31.6 Å². The predicted molar refractivity (Wildman–Crippen MR) is 469 cm³/mol. The molecule has 19 heteroatoms. The summed E-state index contributed by atoms with van der Waals surface area (Å²) in [5.74, 6) is -1.31. The monoisotopic (exact) mass is 1650 g/mol. The van der Waals surface area contributed by atoms with Crippen molar-refractivity contribution < 1.29 is 80.2 Å². The van der Waals surface area contributed by atoms with E-state index in [0.29, 0.717) is 25.7 Å². The van der Waals surface area contributed by atoms with Gasteiger partial charge in [-0.1, -0.05) is 465 Å². The van der Waals surface area contributed by atoms with Crippen LogP contribution in [0, 0.1) is 5.92 Å². The highest BCUT2D eigenvalue weighted by atomic mass is 31.2. The summed E-state index contributed by atoms with van der Waals surface area (Å²) in [5, 5.41) is 10.7. The average Bonchev–Trinajstić information content (AvgIpc) is 0.898. The number of unbranched alkanes of at least 4 members (excludes halogenated alkanes) is 65. The molecule has 0 heterocycles. The zero-order valence-corrected chi connectivity index (χ0v) is 76.3. The van der Waals surface area contributed by atoms with E-state index in [1.807, 2.05) is 0 Å². The maximum absolute atomic E-state index is 13.2. The van der Waals surface area contributed by atoms with Crippen molar-refractivity contribution in [1.29, 1.82) is 0 Å². The molecule has 0 aliphatic heterocycles. The van der Waals surface area contributed by atoms with Crippen LogP contribution in [-0.2, 0) is 65.4 Å². The summed E-state index contributed by atoms with van der Waals surface area (Å²) in [7, 11) is -9.94. The van der Waals surface area contributed by atoms with Crippen LogP contribution < -0.4 is 0 Å². The number of carbonyl (C=O) groups excluding carboxylic acids is 4. The molecule has 672 valence electrons. The van der Waals surface area contributed by atoms with Crippen LogP contribution in [0.4, 0.5) is 0 Å². The molecule has 3 unspecified atom stereocenters. The van der Waals surface area contributed by atoms with Gasteiger partial charge in [-0.15, -0.1) is 0 Å². The van der Waals surface area contributed by atoms with Crippen molar-refractivity contribution in [2.75, 3.05) is 39.6 Å². The maximum Gasteiger partial charge on any atom is 0.472 e. The minimum atomic E-state index is -4.97. The molecule has 6 atom stereocenters. The number of phosphoric ester groups is 2. The fourth-order valence-electron chi connectivity index (χ4n) is 14.9. The Labute approximate surface area is 696 Å². The molecule has 0 bridgehead atoms. The number of rotatable bonds is 94. The van der Waals surface area contributed by atoms with Crippen molar-refractivity contribution >= 4 is 39.5 Å². The number of esters is 4. The van der Waals surface area contributed by atoms with Crippen LogP contribution in [0.15, 0.2) is 0 Å². The van der Waals surface area contributed by atoms with Crippen molar-refractivity contribution in [3.05, 3.63) is 0 Å². The van der Waals surface area contributed by atoms with Gasteiger partial charge in [0.05, 0.1) is 26.4 Å². The second-order valence-corrected chi connectivity index (χ2v) is 36.9. The van der Waals surface area contributed by atoms with E-state index in [1.165, 1.54) is 340 Å². The van der Waals surface area contributed by atoms with Crippen LogP contribution in [0.5, 0.6) is 0 Å². The Hall–Kier alpha value is -1.94. The van der Waals surface area contributed by atoms with E-state index >= 15 is 0 Å². The van der Waals surface area contributed by atoms with Gasteiger partial charge in [-0.2, -0.15) is 0 Å². The molecule has 3 N–H and O–H groups in total. The summed E-state index contributed by atoms with van der Waals surface area (Å²) < 4.78 is 69.2. The summed E-state index contributed by atoms with van der Waals surface area (Å²) in [6, 6.07) is 0. The summed E-state index contributed by atoms with van der Waals surface area (Å²) in [6.07, 6.45) is 83.6. The largest absolute Gasteiger partial charge is 0.472 e. The van der Waals surface area contributed by atoms with Crippen molar-refractivity contribution in [2.45, 2.75) is 534 Å². The lowest BCUT2D eigenvalue weighted by Gasteiger charge is -2.21. The van der Waals surface area contributed by atoms with E-state index in [1.54, 1.807) is 0 Å². The van der Waals surface area contributed by atoms with Crippen molar-refractivity contribution in [1.82, 2.24) is 0 Å². The van der Waals surface area contributed by atoms with Gasteiger partial charge in [-0.25, -0.2) is 9.13 Å². The van der Waals surface area contributed by atoms with E-state index in [9.17, 15) is 43.2 Å². The van der Waals surface area contributed by atoms with Crippen LogP contribution in [0.2, 0.25) is 0 Å². The fraction of sp³-hybridized carbons (Fsp3) is 0.957. The molecule has 0 fully saturated rings. The first kappa shape index (κ1) is 111. The standard InChI is InChI=1S/C94H184O17P2/c1-6-10-13-16-19-22-25-28-31-34-36-38-40-42-45-47-50-53-56-62-67-72-77-91(96)104-83-89(110-93(98)79-75-70-65-58-55-52-49-46-43-41-39-37-35-32-29-26-23-20-17-14-11-7-2)85-108-112(100,101)106-81-88(95)82-107-113(102,103)109-86-90(84-105-92(97)78-73-68-63-60-59-61-66-71-76-87(5)9-4)111-94(99)80-74-69-64-57-54-51-48-44-33-30-27-24-21-18-15-12-8-3/h87-90,95H,6-86H2,1-5H3,(H,100,101)(H,102,103)/t87?,88-,89-,90-/m1/s1. The minimum Gasteiger partial charge on any atom is -0.462 e. The molecule has 0 amide bonds. The van der Waals surface area contributed by atoms with Gasteiger partial charge in [-0.3, -0.25) is 37.3 Å². The highest BCUT2D eigenvalue weighted by Crippen LogP contribution is 2.45. The quantitative estimate of drug-likeness (QED) is 0.0222. The summed E-state index contributed by atoms with van der Waals surface area (Å²) in [5.41, 5.74) is 0.